The van der Waals surface area contributed by atoms with Gasteiger partial charge in [0.2, 0.25) is 0 Å². The summed E-state index contributed by atoms with van der Waals surface area (Å²) >= 11 is 0. The lowest BCUT2D eigenvalue weighted by Gasteiger charge is -2.32. The Morgan fingerprint density at radius 3 is 2.66 bits per heavy atom. The van der Waals surface area contributed by atoms with Gasteiger partial charge in [0.05, 0.1) is 0 Å². The second-order valence-electron chi connectivity index (χ2n) is 6.86. The van der Waals surface area contributed by atoms with Crippen LogP contribution in [0.4, 0.5) is 11.4 Å². The minimum Gasteiger partial charge on any atom is -0.394 e. The number of hydrogen-bond donors (Lipinski definition) is 4. The Balaban J connectivity index is 1.49. The number of nitrogen functional groups attached to an aromatic ring is 1. The highest BCUT2D eigenvalue weighted by Gasteiger charge is 2.26. The summed E-state index contributed by atoms with van der Waals surface area (Å²) in [7, 11) is 0. The zero-order valence-corrected chi connectivity index (χ0v) is 15.2. The van der Waals surface area contributed by atoms with E-state index in [1.54, 1.807) is 4.90 Å². The van der Waals surface area contributed by atoms with Gasteiger partial charge >= 0.3 is 5.69 Å². The first kappa shape index (κ1) is 18.4. The van der Waals surface area contributed by atoms with Crippen molar-refractivity contribution in [3.63, 3.8) is 0 Å². The van der Waals surface area contributed by atoms with Crippen LogP contribution < -0.4 is 38.1 Å². The first-order valence-electron chi connectivity index (χ1n) is 8.89. The van der Waals surface area contributed by atoms with E-state index >= 15 is 0 Å². The molecule has 0 bridgehead atoms. The fourth-order valence-corrected chi connectivity index (χ4v) is 3.48. The van der Waals surface area contributed by atoms with Gasteiger partial charge in [-0.05, 0) is 23.1 Å². The van der Waals surface area contributed by atoms with Crippen LogP contribution >= 0.6 is 0 Å². The lowest BCUT2D eigenvalue weighted by molar-refractivity contribution is 0.0949. The predicted octanol–water partition coefficient (Wildman–Crippen LogP) is -1.27. The Bertz CT molecular complexity index is 1310. The van der Waals surface area contributed by atoms with Gasteiger partial charge in [0.25, 0.3) is 22.3 Å². The van der Waals surface area contributed by atoms with Crippen molar-refractivity contribution in [2.24, 2.45) is 0 Å². The zero-order valence-electron chi connectivity index (χ0n) is 15.2. The van der Waals surface area contributed by atoms with Crippen LogP contribution in [0.1, 0.15) is 27.0 Å². The number of rotatable bonds is 4. The molecule has 148 valence electrons. The lowest BCUT2D eigenvalue weighted by atomic mass is 9.96. The van der Waals surface area contributed by atoms with Crippen molar-refractivity contribution in [3.8, 4) is 0 Å². The minimum absolute atomic E-state index is 0.00740. The second-order valence-corrected chi connectivity index (χ2v) is 6.86. The molecule has 4 rings (SSSR count). The van der Waals surface area contributed by atoms with Gasteiger partial charge < -0.3 is 20.9 Å². The molecular formula is C19H17N5O5. The number of aromatic nitrogens is 2. The molecule has 1 amide bonds. The topological polar surface area (TPSA) is 158 Å². The van der Waals surface area contributed by atoms with Crippen molar-refractivity contribution in [2.75, 3.05) is 17.2 Å². The maximum absolute atomic E-state index is 12.2. The van der Waals surface area contributed by atoms with Gasteiger partial charge in [0, 0.05) is 25.8 Å². The van der Waals surface area contributed by atoms with Crippen molar-refractivity contribution in [1.82, 2.24) is 15.3 Å². The fraction of sp³-hybridized carbons (Fsp3) is 0.211. The third-order valence-corrected chi connectivity index (χ3v) is 5.04. The Hall–Kier alpha value is -3.95. The van der Waals surface area contributed by atoms with Crippen molar-refractivity contribution in [1.29, 1.82) is 0 Å². The molecule has 0 fully saturated rings. The van der Waals surface area contributed by atoms with Gasteiger partial charge in [0.15, 0.2) is 0 Å². The summed E-state index contributed by atoms with van der Waals surface area (Å²) in [5.41, 5.74) is 6.00. The normalized spacial score (nSPS) is 13.3. The monoisotopic (exact) mass is 395 g/mol. The Kier molecular flexibility index (Phi) is 4.38. The number of amides is 1. The van der Waals surface area contributed by atoms with Gasteiger partial charge in [-0.1, -0.05) is 18.2 Å². The number of nitrogens with zero attached hydrogens (tertiary/aromatic N) is 1. The lowest BCUT2D eigenvalue weighted by Crippen LogP contribution is -2.44. The minimum atomic E-state index is -0.766. The van der Waals surface area contributed by atoms with Crippen molar-refractivity contribution < 1.29 is 4.79 Å². The van der Waals surface area contributed by atoms with E-state index in [0.29, 0.717) is 19.5 Å². The van der Waals surface area contributed by atoms with Crippen LogP contribution in [0.3, 0.4) is 0 Å². The molecule has 0 aliphatic carbocycles. The molecule has 1 aliphatic rings. The molecule has 5 N–H and O–H groups in total. The third kappa shape index (κ3) is 3.24. The number of benzene rings is 1. The van der Waals surface area contributed by atoms with E-state index in [4.69, 9.17) is 5.73 Å². The number of H-pyrrole nitrogens is 2. The highest BCUT2D eigenvalue weighted by Crippen LogP contribution is 2.26. The summed E-state index contributed by atoms with van der Waals surface area (Å²) in [6.45, 7) is 1.20. The summed E-state index contributed by atoms with van der Waals surface area (Å²) in [5, 5.41) is 2.64. The molecular weight excluding hydrogens is 378 g/mol. The van der Waals surface area contributed by atoms with Crippen LogP contribution in [-0.2, 0) is 19.5 Å². The standard InChI is InChI=1S/C19H17N5O5/c20-13-14(16(26)15(13)25)24-4-3-10-2-1-9(5-11(10)8-24)6-21-17(27)12-7-22-19(29)23-18(12)28/h1-2,5,7H,3-4,6,8,20H2,(H,21,27)(H2,22,23,28,29). The fourth-order valence-electron chi connectivity index (χ4n) is 3.48. The first-order valence-corrected chi connectivity index (χ1v) is 8.89. The molecule has 0 saturated carbocycles. The summed E-state index contributed by atoms with van der Waals surface area (Å²) in [4.78, 5) is 64.1. The first-order chi connectivity index (χ1) is 13.8. The van der Waals surface area contributed by atoms with Gasteiger partial charge in [0.1, 0.15) is 16.9 Å². The molecule has 10 nitrogen and oxygen atoms in total. The van der Waals surface area contributed by atoms with E-state index in [2.05, 4.69) is 10.3 Å². The number of carbonyl (C=O) groups is 1. The highest BCUT2D eigenvalue weighted by atomic mass is 16.2. The largest absolute Gasteiger partial charge is 0.394 e. The van der Waals surface area contributed by atoms with Crippen molar-refractivity contribution >= 4 is 17.3 Å². The van der Waals surface area contributed by atoms with E-state index in [-0.39, 0.29) is 23.5 Å². The van der Waals surface area contributed by atoms with Crippen LogP contribution in [0.25, 0.3) is 0 Å². The van der Waals surface area contributed by atoms with Crippen LogP contribution in [0.15, 0.2) is 43.6 Å². The molecule has 0 radical (unpaired) electrons. The van der Waals surface area contributed by atoms with Crippen molar-refractivity contribution in [2.45, 2.75) is 19.5 Å². The maximum Gasteiger partial charge on any atom is 0.325 e. The van der Waals surface area contributed by atoms with Crippen LogP contribution in [-0.4, -0.2) is 22.4 Å². The van der Waals surface area contributed by atoms with E-state index in [1.807, 2.05) is 23.2 Å². The molecule has 3 aromatic rings. The van der Waals surface area contributed by atoms with E-state index in [1.165, 1.54) is 0 Å². The van der Waals surface area contributed by atoms with Crippen LogP contribution in [0.2, 0.25) is 0 Å². The zero-order chi connectivity index (χ0) is 20.7. The average molecular weight is 395 g/mol. The van der Waals surface area contributed by atoms with Gasteiger partial charge in [-0.2, -0.15) is 0 Å². The van der Waals surface area contributed by atoms with Gasteiger partial charge in [-0.25, -0.2) is 4.79 Å². The predicted molar refractivity (Wildman–Crippen MR) is 106 cm³/mol. The molecule has 0 unspecified atom stereocenters. The summed E-state index contributed by atoms with van der Waals surface area (Å²) in [6, 6.07) is 5.73. The highest BCUT2D eigenvalue weighted by molar-refractivity contribution is 5.93. The number of fused-ring (bicyclic) bond motifs is 1. The van der Waals surface area contributed by atoms with Crippen LogP contribution in [0.5, 0.6) is 0 Å². The van der Waals surface area contributed by atoms with Crippen molar-refractivity contribution in [3.05, 3.63) is 87.9 Å². The second kappa shape index (κ2) is 6.89. The average Bonchev–Trinajstić information content (AvgIpc) is 2.71. The molecule has 0 saturated heterocycles. The summed E-state index contributed by atoms with van der Waals surface area (Å²) < 4.78 is 0. The van der Waals surface area contributed by atoms with E-state index in [0.717, 1.165) is 22.9 Å². The number of nitrogens with one attached hydrogen (secondary N) is 3. The number of hydrogen-bond acceptors (Lipinski definition) is 7. The molecule has 1 aromatic heterocycles. The van der Waals surface area contributed by atoms with Gasteiger partial charge in [-0.3, -0.25) is 24.2 Å². The molecule has 0 atom stereocenters. The quantitative estimate of drug-likeness (QED) is 0.401. The van der Waals surface area contributed by atoms with Gasteiger partial charge in [-0.15, -0.1) is 0 Å². The number of anilines is 2. The Labute approximate surface area is 162 Å². The SMILES string of the molecule is Nc1c(N2CCc3ccc(CNC(=O)c4c[nH]c(=O)[nH]c4=O)cc3C2)c(=O)c1=O. The summed E-state index contributed by atoms with van der Waals surface area (Å²) in [6.07, 6.45) is 1.77. The summed E-state index contributed by atoms with van der Waals surface area (Å²) in [5.74, 6) is -0.613. The van der Waals surface area contributed by atoms with Crippen LogP contribution in [0, 0.1) is 0 Å². The molecule has 29 heavy (non-hydrogen) atoms. The smallest absolute Gasteiger partial charge is 0.325 e. The number of aromatic amines is 2. The maximum atomic E-state index is 12.2. The third-order valence-electron chi connectivity index (χ3n) is 5.04. The molecule has 0 spiro atoms. The Morgan fingerprint density at radius 1 is 1.14 bits per heavy atom. The number of carbonyl (C=O) groups excluding carboxylic acids is 1. The Morgan fingerprint density at radius 2 is 1.93 bits per heavy atom. The molecule has 2 aromatic carbocycles. The number of nitrogens with two attached hydrogens (primary N) is 1. The van der Waals surface area contributed by atoms with E-state index in [9.17, 15) is 24.0 Å². The molecule has 2 heterocycles. The molecule has 1 aliphatic heterocycles. The van der Waals surface area contributed by atoms with E-state index < -0.39 is 28.0 Å². The molecule has 10 heteroatoms.